The zero-order chi connectivity index (χ0) is 17.3. The van der Waals surface area contributed by atoms with Gasteiger partial charge in [0.25, 0.3) is 0 Å². The molecule has 0 unspecified atom stereocenters. The number of nitrogens with one attached hydrogen (secondary N) is 2. The zero-order valence-corrected chi connectivity index (χ0v) is 18.2. The van der Waals surface area contributed by atoms with Gasteiger partial charge in [-0.25, -0.2) is 0 Å². The van der Waals surface area contributed by atoms with Crippen molar-refractivity contribution in [2.75, 3.05) is 45.9 Å². The highest BCUT2D eigenvalue weighted by atomic mass is 127. The van der Waals surface area contributed by atoms with E-state index in [0.29, 0.717) is 13.0 Å². The molecule has 0 aromatic rings. The minimum atomic E-state index is 0. The summed E-state index contributed by atoms with van der Waals surface area (Å²) in [6.45, 7) is 13.5. The summed E-state index contributed by atoms with van der Waals surface area (Å²) in [5, 5.41) is 6.41. The van der Waals surface area contributed by atoms with E-state index in [2.05, 4.69) is 22.5 Å². The second-order valence-corrected chi connectivity index (χ2v) is 5.32. The Morgan fingerprint density at radius 3 is 2.29 bits per heavy atom. The molecule has 0 radical (unpaired) electrons. The molecule has 0 aromatic heterocycles. The minimum absolute atomic E-state index is 0. The van der Waals surface area contributed by atoms with Crippen LogP contribution >= 0.6 is 24.0 Å². The number of amides is 1. The molecule has 0 saturated heterocycles. The number of nitrogens with zero attached hydrogens (tertiary/aromatic N) is 2. The van der Waals surface area contributed by atoms with Crippen LogP contribution in [0.5, 0.6) is 0 Å². The SMILES string of the molecule is CCCCOCCCN=C(NCC)NCCC(=O)N(CC)CC.I. The Labute approximate surface area is 165 Å². The lowest BCUT2D eigenvalue weighted by atomic mass is 10.3. The lowest BCUT2D eigenvalue weighted by molar-refractivity contribution is -0.130. The van der Waals surface area contributed by atoms with Gasteiger partial charge in [-0.3, -0.25) is 9.79 Å². The van der Waals surface area contributed by atoms with Crippen molar-refractivity contribution < 1.29 is 9.53 Å². The van der Waals surface area contributed by atoms with Crippen LogP contribution in [0.15, 0.2) is 4.99 Å². The zero-order valence-electron chi connectivity index (χ0n) is 15.9. The van der Waals surface area contributed by atoms with Gasteiger partial charge in [0, 0.05) is 52.4 Å². The molecule has 24 heavy (non-hydrogen) atoms. The maximum absolute atomic E-state index is 11.9. The number of ether oxygens (including phenoxy) is 1. The second-order valence-electron chi connectivity index (χ2n) is 5.32. The molecule has 0 fully saturated rings. The summed E-state index contributed by atoms with van der Waals surface area (Å²) < 4.78 is 5.52. The van der Waals surface area contributed by atoms with Gasteiger partial charge >= 0.3 is 0 Å². The fourth-order valence-electron chi connectivity index (χ4n) is 2.07. The van der Waals surface area contributed by atoms with Crippen LogP contribution in [-0.4, -0.2) is 62.7 Å². The normalized spacial score (nSPS) is 10.9. The summed E-state index contributed by atoms with van der Waals surface area (Å²) in [6.07, 6.45) is 3.69. The lowest BCUT2D eigenvalue weighted by Crippen LogP contribution is -2.40. The van der Waals surface area contributed by atoms with Gasteiger partial charge in [-0.05, 0) is 33.6 Å². The summed E-state index contributed by atoms with van der Waals surface area (Å²) in [4.78, 5) is 18.3. The molecule has 6 nitrogen and oxygen atoms in total. The largest absolute Gasteiger partial charge is 0.381 e. The highest BCUT2D eigenvalue weighted by molar-refractivity contribution is 14.0. The maximum Gasteiger partial charge on any atom is 0.224 e. The van der Waals surface area contributed by atoms with Gasteiger partial charge < -0.3 is 20.3 Å². The fourth-order valence-corrected chi connectivity index (χ4v) is 2.07. The summed E-state index contributed by atoms with van der Waals surface area (Å²) in [5.74, 6) is 0.955. The summed E-state index contributed by atoms with van der Waals surface area (Å²) in [5.41, 5.74) is 0. The van der Waals surface area contributed by atoms with E-state index in [9.17, 15) is 4.79 Å². The van der Waals surface area contributed by atoms with E-state index in [4.69, 9.17) is 4.74 Å². The molecule has 0 atom stereocenters. The van der Waals surface area contributed by atoms with Crippen LogP contribution in [0.2, 0.25) is 0 Å². The molecule has 0 saturated carbocycles. The fraction of sp³-hybridized carbons (Fsp3) is 0.882. The minimum Gasteiger partial charge on any atom is -0.381 e. The number of halogens is 1. The van der Waals surface area contributed by atoms with Gasteiger partial charge in [0.15, 0.2) is 5.96 Å². The van der Waals surface area contributed by atoms with Crippen molar-refractivity contribution in [2.45, 2.75) is 53.4 Å². The first-order chi connectivity index (χ1) is 11.2. The lowest BCUT2D eigenvalue weighted by Gasteiger charge is -2.19. The van der Waals surface area contributed by atoms with E-state index in [1.165, 1.54) is 6.42 Å². The number of aliphatic imine (C=N–C) groups is 1. The van der Waals surface area contributed by atoms with Crippen molar-refractivity contribution in [3.63, 3.8) is 0 Å². The van der Waals surface area contributed by atoms with Crippen LogP contribution in [0.3, 0.4) is 0 Å². The molecule has 0 bridgehead atoms. The van der Waals surface area contributed by atoms with Crippen molar-refractivity contribution in [1.29, 1.82) is 0 Å². The van der Waals surface area contributed by atoms with Crippen molar-refractivity contribution in [2.24, 2.45) is 4.99 Å². The summed E-state index contributed by atoms with van der Waals surface area (Å²) in [7, 11) is 0. The first-order valence-corrected chi connectivity index (χ1v) is 9.07. The van der Waals surface area contributed by atoms with Crippen molar-refractivity contribution in [1.82, 2.24) is 15.5 Å². The number of unbranched alkanes of at least 4 members (excludes halogenated alkanes) is 1. The third-order valence-electron chi connectivity index (χ3n) is 3.45. The highest BCUT2D eigenvalue weighted by Gasteiger charge is 2.08. The number of hydrogen-bond acceptors (Lipinski definition) is 3. The Morgan fingerprint density at radius 2 is 1.71 bits per heavy atom. The Hall–Kier alpha value is -0.570. The quantitative estimate of drug-likeness (QED) is 0.194. The van der Waals surface area contributed by atoms with E-state index in [0.717, 1.165) is 58.2 Å². The predicted octanol–water partition coefficient (Wildman–Crippen LogP) is 2.62. The monoisotopic (exact) mass is 456 g/mol. The average Bonchev–Trinajstić information content (AvgIpc) is 2.55. The van der Waals surface area contributed by atoms with E-state index in [1.807, 2.05) is 25.7 Å². The maximum atomic E-state index is 11.9. The molecule has 0 heterocycles. The summed E-state index contributed by atoms with van der Waals surface area (Å²) in [6, 6.07) is 0. The molecule has 0 rings (SSSR count). The molecule has 7 heteroatoms. The van der Waals surface area contributed by atoms with Gasteiger partial charge in [-0.1, -0.05) is 13.3 Å². The molecule has 0 aromatic carbocycles. The van der Waals surface area contributed by atoms with Crippen LogP contribution in [-0.2, 0) is 9.53 Å². The molecule has 1 amide bonds. The van der Waals surface area contributed by atoms with Crippen molar-refractivity contribution >= 4 is 35.8 Å². The molecule has 2 N–H and O–H groups in total. The topological polar surface area (TPSA) is 66.0 Å². The molecule has 144 valence electrons. The van der Waals surface area contributed by atoms with Gasteiger partial charge in [0.05, 0.1) is 0 Å². The first-order valence-electron chi connectivity index (χ1n) is 9.07. The Kier molecular flexibility index (Phi) is 20.1. The Bertz CT molecular complexity index is 324. The van der Waals surface area contributed by atoms with E-state index in [1.54, 1.807) is 0 Å². The predicted molar refractivity (Wildman–Crippen MR) is 112 cm³/mol. The number of carbonyl (C=O) groups is 1. The molecule has 0 aliphatic heterocycles. The number of hydrogen-bond donors (Lipinski definition) is 2. The second kappa shape index (κ2) is 18.8. The van der Waals surface area contributed by atoms with E-state index in [-0.39, 0.29) is 29.9 Å². The van der Waals surface area contributed by atoms with Crippen LogP contribution < -0.4 is 10.6 Å². The Morgan fingerprint density at radius 1 is 1.04 bits per heavy atom. The molecule has 0 aliphatic carbocycles. The number of carbonyl (C=O) groups excluding carboxylic acids is 1. The molecular weight excluding hydrogens is 419 g/mol. The molecule has 0 aliphatic rings. The van der Waals surface area contributed by atoms with Crippen LogP contribution in [0, 0.1) is 0 Å². The van der Waals surface area contributed by atoms with Gasteiger partial charge in [-0.15, -0.1) is 24.0 Å². The molecule has 0 spiro atoms. The average molecular weight is 456 g/mol. The van der Waals surface area contributed by atoms with Crippen molar-refractivity contribution in [3.05, 3.63) is 0 Å². The summed E-state index contributed by atoms with van der Waals surface area (Å²) >= 11 is 0. The van der Waals surface area contributed by atoms with Crippen molar-refractivity contribution in [3.8, 4) is 0 Å². The third-order valence-corrected chi connectivity index (χ3v) is 3.45. The van der Waals surface area contributed by atoms with E-state index < -0.39 is 0 Å². The van der Waals surface area contributed by atoms with Gasteiger partial charge in [0.2, 0.25) is 5.91 Å². The van der Waals surface area contributed by atoms with Crippen LogP contribution in [0.25, 0.3) is 0 Å². The van der Waals surface area contributed by atoms with Crippen LogP contribution in [0.1, 0.15) is 53.4 Å². The first kappa shape index (κ1) is 25.7. The number of guanidine groups is 1. The molecular formula is C17H37IN4O2. The van der Waals surface area contributed by atoms with Gasteiger partial charge in [-0.2, -0.15) is 0 Å². The smallest absolute Gasteiger partial charge is 0.224 e. The highest BCUT2D eigenvalue weighted by Crippen LogP contribution is 1.93. The number of rotatable bonds is 13. The van der Waals surface area contributed by atoms with Gasteiger partial charge in [0.1, 0.15) is 0 Å². The third kappa shape index (κ3) is 13.8. The van der Waals surface area contributed by atoms with Crippen LogP contribution in [0.4, 0.5) is 0 Å². The standard InChI is InChI=1S/C17H36N4O2.HI/c1-5-9-14-23-15-10-12-19-17(18-6-2)20-13-11-16(22)21(7-3)8-4;/h5-15H2,1-4H3,(H2,18,19,20);1H. The Balaban J connectivity index is 0. The van der Waals surface area contributed by atoms with E-state index >= 15 is 0 Å².